The number of benzene rings is 2. The smallest absolute Gasteiger partial charge is 0.295 e. The zero-order valence-corrected chi connectivity index (χ0v) is 23.7. The molecule has 11 nitrogen and oxygen atoms in total. The zero-order valence-electron chi connectivity index (χ0n) is 21.4. The predicted octanol–water partition coefficient (Wildman–Crippen LogP) is 2.83. The molecular formula is C25H28Cl3N9O2. The fourth-order valence-corrected chi connectivity index (χ4v) is 4.28. The van der Waals surface area contributed by atoms with Gasteiger partial charge in [0.1, 0.15) is 18.0 Å². The van der Waals surface area contributed by atoms with Gasteiger partial charge in [0.2, 0.25) is 5.91 Å². The van der Waals surface area contributed by atoms with Crippen molar-refractivity contribution in [2.24, 2.45) is 0 Å². The van der Waals surface area contributed by atoms with Crippen molar-refractivity contribution in [3.05, 3.63) is 92.7 Å². The number of nitrogens with one attached hydrogen (secondary N) is 1. The van der Waals surface area contributed by atoms with Gasteiger partial charge in [0.25, 0.3) is 5.56 Å². The number of hydrogen-bond donors (Lipinski definition) is 1. The minimum absolute atomic E-state index is 0. The molecule has 2 aromatic carbocycles. The zero-order chi connectivity index (χ0) is 27.1. The van der Waals surface area contributed by atoms with Crippen molar-refractivity contribution in [1.29, 1.82) is 0 Å². The summed E-state index contributed by atoms with van der Waals surface area (Å²) in [5, 5.41) is 14.6. The number of halogens is 3. The third-order valence-corrected chi connectivity index (χ3v) is 6.21. The van der Waals surface area contributed by atoms with Crippen molar-refractivity contribution < 1.29 is 4.79 Å². The summed E-state index contributed by atoms with van der Waals surface area (Å²) in [7, 11) is 3.83. The normalized spacial score (nSPS) is 10.8. The Morgan fingerprint density at radius 3 is 2.56 bits per heavy atom. The maximum atomic E-state index is 13.4. The van der Waals surface area contributed by atoms with Gasteiger partial charge in [0.15, 0.2) is 5.82 Å². The summed E-state index contributed by atoms with van der Waals surface area (Å²) in [5.41, 5.74) is 2.07. The Kier molecular flexibility index (Phi) is 10.8. The van der Waals surface area contributed by atoms with E-state index in [0.717, 1.165) is 12.0 Å². The number of tetrazole rings is 1. The van der Waals surface area contributed by atoms with Gasteiger partial charge in [-0.1, -0.05) is 53.5 Å². The third-order valence-electron chi connectivity index (χ3n) is 5.67. The van der Waals surface area contributed by atoms with E-state index in [1.807, 2.05) is 54.2 Å². The van der Waals surface area contributed by atoms with E-state index in [2.05, 4.69) is 25.8 Å². The quantitative estimate of drug-likeness (QED) is 0.265. The topological polar surface area (TPSA) is 114 Å². The molecule has 39 heavy (non-hydrogen) atoms. The van der Waals surface area contributed by atoms with Crippen LogP contribution < -0.4 is 15.8 Å². The van der Waals surface area contributed by atoms with Crippen LogP contribution >= 0.6 is 35.6 Å². The summed E-state index contributed by atoms with van der Waals surface area (Å²) < 4.78 is 2.69. The van der Waals surface area contributed by atoms with Gasteiger partial charge in [-0.15, -0.1) is 17.5 Å². The number of anilines is 1. The van der Waals surface area contributed by atoms with E-state index in [9.17, 15) is 9.59 Å². The van der Waals surface area contributed by atoms with E-state index >= 15 is 0 Å². The van der Waals surface area contributed by atoms with Crippen molar-refractivity contribution in [1.82, 2.24) is 40.0 Å². The molecule has 0 aliphatic rings. The molecule has 0 radical (unpaired) electrons. The molecule has 0 spiro atoms. The molecule has 14 heteroatoms. The number of carbonyl (C=O) groups is 1. The molecule has 0 bridgehead atoms. The number of nitrogens with zero attached hydrogens (tertiary/aromatic N) is 8. The molecule has 1 amide bonds. The highest BCUT2D eigenvalue weighted by Crippen LogP contribution is 2.19. The summed E-state index contributed by atoms with van der Waals surface area (Å²) in [6.07, 6.45) is 3.56. The number of carbonyl (C=O) groups excluding carboxylic acids is 1. The average Bonchev–Trinajstić information content (AvgIpc) is 3.43. The second-order valence-electron chi connectivity index (χ2n) is 8.82. The fourth-order valence-electron chi connectivity index (χ4n) is 3.90. The van der Waals surface area contributed by atoms with Crippen LogP contribution in [0, 0.1) is 0 Å². The molecule has 0 fully saturated rings. The third kappa shape index (κ3) is 7.99. The monoisotopic (exact) mass is 591 g/mol. The molecule has 206 valence electrons. The van der Waals surface area contributed by atoms with Gasteiger partial charge in [-0.3, -0.25) is 19.1 Å². The van der Waals surface area contributed by atoms with Crippen LogP contribution in [-0.4, -0.2) is 67.9 Å². The van der Waals surface area contributed by atoms with E-state index in [1.54, 1.807) is 18.2 Å². The fraction of sp³-hybridized carbons (Fsp3) is 0.280. The summed E-state index contributed by atoms with van der Waals surface area (Å²) in [6.45, 7) is 0.899. The number of amides is 1. The van der Waals surface area contributed by atoms with Crippen molar-refractivity contribution in [3.63, 3.8) is 0 Å². The van der Waals surface area contributed by atoms with E-state index in [0.29, 0.717) is 29.5 Å². The Bertz CT molecular complexity index is 1430. The Morgan fingerprint density at radius 1 is 1.10 bits per heavy atom. The molecule has 0 aliphatic heterocycles. The Labute approximate surface area is 241 Å². The molecule has 1 N–H and O–H groups in total. The minimum Gasteiger partial charge on any atom is -0.350 e. The SMILES string of the molecule is CN(C)CN(CCc1ccccc1)c1ncc(Cl)n(CC(=O)NCc2cc(Cl)ccc2-n2cnnn2)c1=O.Cl. The lowest BCUT2D eigenvalue weighted by Gasteiger charge is -2.27. The maximum absolute atomic E-state index is 13.4. The molecule has 2 heterocycles. The van der Waals surface area contributed by atoms with Gasteiger partial charge in [0.05, 0.1) is 18.6 Å². The van der Waals surface area contributed by atoms with Crippen molar-refractivity contribution in [2.75, 3.05) is 32.2 Å². The first kappa shape index (κ1) is 30.0. The van der Waals surface area contributed by atoms with Gasteiger partial charge in [0, 0.05) is 18.1 Å². The molecule has 0 saturated carbocycles. The van der Waals surface area contributed by atoms with E-state index < -0.39 is 11.5 Å². The van der Waals surface area contributed by atoms with Crippen LogP contribution in [0.5, 0.6) is 0 Å². The van der Waals surface area contributed by atoms with E-state index in [4.69, 9.17) is 23.2 Å². The first-order chi connectivity index (χ1) is 18.3. The van der Waals surface area contributed by atoms with Crippen LogP contribution in [0.1, 0.15) is 11.1 Å². The minimum atomic E-state index is -0.445. The molecule has 0 aliphatic carbocycles. The van der Waals surface area contributed by atoms with Crippen LogP contribution in [0.25, 0.3) is 5.69 Å². The molecule has 4 aromatic rings. The average molecular weight is 593 g/mol. The lowest BCUT2D eigenvalue weighted by Crippen LogP contribution is -2.41. The highest BCUT2D eigenvalue weighted by molar-refractivity contribution is 6.30. The Morgan fingerprint density at radius 2 is 1.87 bits per heavy atom. The second kappa shape index (κ2) is 14.0. The largest absolute Gasteiger partial charge is 0.350 e. The maximum Gasteiger partial charge on any atom is 0.295 e. The van der Waals surface area contributed by atoms with Crippen LogP contribution in [0.2, 0.25) is 10.2 Å². The van der Waals surface area contributed by atoms with Gasteiger partial charge in [-0.05, 0) is 60.3 Å². The highest BCUT2D eigenvalue weighted by atomic mass is 35.5. The number of rotatable bonds is 11. The molecular weight excluding hydrogens is 565 g/mol. The Balaban J connectivity index is 0.00000420. The molecule has 0 saturated heterocycles. The molecule has 0 atom stereocenters. The van der Waals surface area contributed by atoms with Gasteiger partial charge in [-0.25, -0.2) is 9.67 Å². The van der Waals surface area contributed by atoms with Crippen molar-refractivity contribution >= 4 is 47.3 Å². The summed E-state index contributed by atoms with van der Waals surface area (Å²) >= 11 is 12.5. The second-order valence-corrected chi connectivity index (χ2v) is 9.64. The van der Waals surface area contributed by atoms with Crippen LogP contribution in [0.3, 0.4) is 0 Å². The van der Waals surface area contributed by atoms with Crippen LogP contribution in [0.15, 0.2) is 65.8 Å². The predicted molar refractivity (Wildman–Crippen MR) is 153 cm³/mol. The van der Waals surface area contributed by atoms with Crippen molar-refractivity contribution in [3.8, 4) is 5.69 Å². The molecule has 0 unspecified atom stereocenters. The number of aromatic nitrogens is 6. The first-order valence-corrected chi connectivity index (χ1v) is 12.5. The Hall–Kier alpha value is -3.51. The summed E-state index contributed by atoms with van der Waals surface area (Å²) in [6, 6.07) is 15.2. The van der Waals surface area contributed by atoms with E-state index in [1.165, 1.54) is 21.8 Å². The van der Waals surface area contributed by atoms with E-state index in [-0.39, 0.29) is 36.5 Å². The van der Waals surface area contributed by atoms with Crippen molar-refractivity contribution in [2.45, 2.75) is 19.5 Å². The van der Waals surface area contributed by atoms with Gasteiger partial charge >= 0.3 is 0 Å². The van der Waals surface area contributed by atoms with Crippen LogP contribution in [0.4, 0.5) is 5.82 Å². The number of hydrogen-bond acceptors (Lipinski definition) is 8. The summed E-state index contributed by atoms with van der Waals surface area (Å²) in [5.74, 6) is -0.181. The standard InChI is InChI=1S/C25H27Cl2N9O2.ClH/c1-33(2)17-34(11-10-18-6-4-3-5-7-18)24-25(38)35(22(27)14-29-24)15-23(37)28-13-19-12-20(26)8-9-21(19)36-16-30-31-32-36;/h3-9,12,14,16H,10-11,13,15,17H2,1-2H3,(H,28,37);1H. The van der Waals surface area contributed by atoms with Crippen LogP contribution in [-0.2, 0) is 24.3 Å². The molecule has 4 rings (SSSR count). The lowest BCUT2D eigenvalue weighted by atomic mass is 10.1. The highest BCUT2D eigenvalue weighted by Gasteiger charge is 2.19. The van der Waals surface area contributed by atoms with Gasteiger partial charge < -0.3 is 10.2 Å². The lowest BCUT2D eigenvalue weighted by molar-refractivity contribution is -0.121. The summed E-state index contributed by atoms with van der Waals surface area (Å²) in [4.78, 5) is 34.5. The van der Waals surface area contributed by atoms with Gasteiger partial charge in [-0.2, -0.15) is 0 Å². The molecule has 2 aromatic heterocycles. The first-order valence-electron chi connectivity index (χ1n) is 11.8.